The van der Waals surface area contributed by atoms with Crippen molar-refractivity contribution >= 4 is 17.7 Å². The first-order chi connectivity index (χ1) is 16.9. The lowest BCUT2D eigenvalue weighted by atomic mass is 9.83. The van der Waals surface area contributed by atoms with E-state index in [0.29, 0.717) is 21.9 Å². The minimum atomic E-state index is -0.776. The maximum Gasteiger partial charge on any atom is 0.338 e. The predicted molar refractivity (Wildman–Crippen MR) is 131 cm³/mol. The molecule has 0 saturated carbocycles. The highest BCUT2D eigenvalue weighted by atomic mass is 32.2. The predicted octanol–water partition coefficient (Wildman–Crippen LogP) is 4.25. The molecule has 0 bridgehead atoms. The van der Waals surface area contributed by atoms with E-state index >= 15 is 0 Å². The van der Waals surface area contributed by atoms with Gasteiger partial charge in [0, 0.05) is 5.69 Å². The molecule has 0 radical (unpaired) electrons. The quantitative estimate of drug-likeness (QED) is 0.426. The van der Waals surface area contributed by atoms with Crippen LogP contribution >= 0.6 is 11.8 Å². The average molecular weight is 491 g/mol. The van der Waals surface area contributed by atoms with Crippen LogP contribution < -0.4 is 10.5 Å². The van der Waals surface area contributed by atoms with Crippen molar-refractivity contribution in [2.75, 3.05) is 19.5 Å². The number of carbonyl (C=O) groups excluding carboxylic acids is 1. The molecule has 1 atom stereocenters. The van der Waals surface area contributed by atoms with Crippen molar-refractivity contribution in [3.63, 3.8) is 0 Å². The summed E-state index contributed by atoms with van der Waals surface area (Å²) in [5.41, 5.74) is 9.38. The van der Waals surface area contributed by atoms with E-state index in [1.165, 1.54) is 11.8 Å². The van der Waals surface area contributed by atoms with E-state index in [1.807, 2.05) is 13.8 Å². The molecule has 0 spiro atoms. The monoisotopic (exact) mass is 490 g/mol. The number of hydrogen-bond acceptors (Lipinski definition) is 9. The molecule has 9 heteroatoms. The number of carbonyl (C=O) groups is 1. The van der Waals surface area contributed by atoms with Gasteiger partial charge in [0.2, 0.25) is 5.88 Å². The number of aromatic nitrogens is 1. The van der Waals surface area contributed by atoms with Gasteiger partial charge in [-0.05, 0) is 49.6 Å². The summed E-state index contributed by atoms with van der Waals surface area (Å²) in [5.74, 6) is -0.403. The Balaban J connectivity index is 2.10. The number of nitrogens with zero attached hydrogens (tertiary/aromatic N) is 3. The van der Waals surface area contributed by atoms with Gasteiger partial charge in [0.15, 0.2) is 0 Å². The molecular weight excluding hydrogens is 464 g/mol. The summed E-state index contributed by atoms with van der Waals surface area (Å²) < 4.78 is 16.4. The highest BCUT2D eigenvalue weighted by Gasteiger charge is 2.37. The van der Waals surface area contributed by atoms with Crippen LogP contribution in [0.4, 0.5) is 0 Å². The van der Waals surface area contributed by atoms with E-state index in [9.17, 15) is 15.3 Å². The van der Waals surface area contributed by atoms with Crippen LogP contribution in [0.15, 0.2) is 58.1 Å². The number of allylic oxidation sites excluding steroid dienone is 1. The van der Waals surface area contributed by atoms with Crippen LogP contribution in [-0.4, -0.2) is 30.4 Å². The van der Waals surface area contributed by atoms with E-state index in [4.69, 9.17) is 19.9 Å². The molecule has 180 valence electrons. The fourth-order valence-corrected chi connectivity index (χ4v) is 4.72. The number of nitrogens with two attached hydrogens (primary N) is 1. The van der Waals surface area contributed by atoms with Gasteiger partial charge in [-0.15, -0.1) is 0 Å². The fraction of sp³-hybridized carbons (Fsp3) is 0.308. The summed E-state index contributed by atoms with van der Waals surface area (Å²) in [7, 11) is 1.56. The Bertz CT molecular complexity index is 1270. The molecule has 2 heterocycles. The van der Waals surface area contributed by atoms with Gasteiger partial charge in [-0.1, -0.05) is 30.8 Å². The molecule has 1 aliphatic heterocycles. The summed E-state index contributed by atoms with van der Waals surface area (Å²) in [4.78, 5) is 17.8. The Morgan fingerprint density at radius 3 is 2.51 bits per heavy atom. The van der Waals surface area contributed by atoms with Gasteiger partial charge >= 0.3 is 5.97 Å². The number of benzene rings is 1. The molecule has 8 nitrogen and oxygen atoms in total. The molecule has 35 heavy (non-hydrogen) atoms. The number of thioether (sulfide) groups is 1. The van der Waals surface area contributed by atoms with E-state index in [-0.39, 0.29) is 35.1 Å². The van der Waals surface area contributed by atoms with Crippen LogP contribution in [0.5, 0.6) is 5.75 Å². The molecule has 0 amide bonds. The number of nitriles is 2. The maximum atomic E-state index is 13.1. The summed E-state index contributed by atoms with van der Waals surface area (Å²) >= 11 is 1.26. The van der Waals surface area contributed by atoms with Crippen molar-refractivity contribution in [2.45, 2.75) is 38.1 Å². The van der Waals surface area contributed by atoms with Crippen LogP contribution in [0, 0.1) is 29.6 Å². The summed E-state index contributed by atoms with van der Waals surface area (Å²) in [6.07, 6.45) is 0.721. The van der Waals surface area contributed by atoms with Gasteiger partial charge in [0.25, 0.3) is 0 Å². The van der Waals surface area contributed by atoms with Crippen LogP contribution in [-0.2, 0) is 20.7 Å². The highest BCUT2D eigenvalue weighted by Crippen LogP contribution is 2.41. The topological polar surface area (TPSA) is 131 Å². The van der Waals surface area contributed by atoms with Crippen molar-refractivity contribution in [3.8, 4) is 17.9 Å². The summed E-state index contributed by atoms with van der Waals surface area (Å²) in [6.45, 7) is 5.77. The Kier molecular flexibility index (Phi) is 8.40. The largest absolute Gasteiger partial charge is 0.497 e. The first-order valence-corrected chi connectivity index (χ1v) is 12.0. The minimum Gasteiger partial charge on any atom is -0.497 e. The van der Waals surface area contributed by atoms with Crippen LogP contribution in [0.2, 0.25) is 0 Å². The van der Waals surface area contributed by atoms with Gasteiger partial charge in [-0.25, -0.2) is 9.78 Å². The zero-order chi connectivity index (χ0) is 25.5. The Morgan fingerprint density at radius 1 is 1.23 bits per heavy atom. The normalized spacial score (nSPS) is 15.2. The first-order valence-electron chi connectivity index (χ1n) is 11.0. The second kappa shape index (κ2) is 11.5. The number of aryl methyl sites for hydroxylation is 2. The van der Waals surface area contributed by atoms with Crippen LogP contribution in [0.25, 0.3) is 0 Å². The molecule has 0 aliphatic carbocycles. The third-order valence-corrected chi connectivity index (χ3v) is 6.51. The highest BCUT2D eigenvalue weighted by molar-refractivity contribution is 7.99. The number of ether oxygens (including phenoxy) is 3. The van der Waals surface area contributed by atoms with Gasteiger partial charge < -0.3 is 19.9 Å². The Labute approximate surface area is 209 Å². The number of hydrogen-bond donors (Lipinski definition) is 1. The molecule has 1 aromatic heterocycles. The van der Waals surface area contributed by atoms with Gasteiger partial charge in [0.1, 0.15) is 34.2 Å². The fourth-order valence-electron chi connectivity index (χ4n) is 3.80. The molecule has 3 rings (SSSR count). The number of esters is 1. The zero-order valence-corrected chi connectivity index (χ0v) is 20.9. The standard InChI is InChI=1S/C26H26N4O4S/c1-5-20-15(3)11-17(12-27)25(30-20)35-14-21-23(26(31)33-6-2)22(19(13-28)24(29)34-21)16-7-9-18(32-4)10-8-16/h7-11,22H,5-6,14,29H2,1-4H3/t22-/m0/s1. The van der Waals surface area contributed by atoms with Crippen LogP contribution in [0.1, 0.15) is 42.1 Å². The van der Waals surface area contributed by atoms with Crippen molar-refractivity contribution in [1.82, 2.24) is 4.98 Å². The molecule has 1 aromatic carbocycles. The molecule has 0 fully saturated rings. The van der Waals surface area contributed by atoms with E-state index in [2.05, 4.69) is 17.1 Å². The van der Waals surface area contributed by atoms with Gasteiger partial charge in [-0.3, -0.25) is 0 Å². The van der Waals surface area contributed by atoms with Gasteiger partial charge in [0.05, 0.1) is 36.5 Å². The van der Waals surface area contributed by atoms with Crippen LogP contribution in [0.3, 0.4) is 0 Å². The summed E-state index contributed by atoms with van der Waals surface area (Å²) in [5, 5.41) is 20.0. The van der Waals surface area contributed by atoms with Gasteiger partial charge in [-0.2, -0.15) is 10.5 Å². The number of methoxy groups -OCH3 is 1. The molecule has 2 aromatic rings. The van der Waals surface area contributed by atoms with Crippen molar-refractivity contribution in [1.29, 1.82) is 10.5 Å². The lowest BCUT2D eigenvalue weighted by Crippen LogP contribution is -2.27. The zero-order valence-electron chi connectivity index (χ0n) is 20.0. The second-order valence-corrected chi connectivity index (χ2v) is 8.58. The maximum absolute atomic E-state index is 13.1. The molecule has 0 saturated heterocycles. The van der Waals surface area contributed by atoms with Crippen molar-refractivity contribution in [3.05, 3.63) is 75.5 Å². The SMILES string of the molecule is CCOC(=O)C1=C(CSc2nc(CC)c(C)cc2C#N)OC(N)=C(C#N)[C@@H]1c1ccc(OC)cc1. The molecule has 1 aliphatic rings. The van der Waals surface area contributed by atoms with Crippen molar-refractivity contribution < 1.29 is 19.0 Å². The van der Waals surface area contributed by atoms with E-state index < -0.39 is 11.9 Å². The third-order valence-electron chi connectivity index (χ3n) is 5.52. The lowest BCUT2D eigenvalue weighted by Gasteiger charge is -2.28. The second-order valence-electron chi connectivity index (χ2n) is 7.61. The molecule has 0 unspecified atom stereocenters. The molecular formula is C26H26N4O4S. The number of pyridine rings is 1. The third kappa shape index (κ3) is 5.42. The smallest absolute Gasteiger partial charge is 0.338 e. The van der Waals surface area contributed by atoms with E-state index in [1.54, 1.807) is 44.4 Å². The molecule has 2 N–H and O–H groups in total. The number of rotatable bonds is 8. The first kappa shape index (κ1) is 25.7. The summed E-state index contributed by atoms with van der Waals surface area (Å²) in [6, 6.07) is 13.1. The Morgan fingerprint density at radius 2 is 1.94 bits per heavy atom. The lowest BCUT2D eigenvalue weighted by molar-refractivity contribution is -0.139. The average Bonchev–Trinajstić information content (AvgIpc) is 2.87. The Hall–Kier alpha value is -3.95. The van der Waals surface area contributed by atoms with E-state index in [0.717, 1.165) is 17.7 Å². The van der Waals surface area contributed by atoms with Crippen molar-refractivity contribution in [2.24, 2.45) is 5.73 Å². The minimum absolute atomic E-state index is 0.0800.